The molecule has 1 fully saturated rings. The van der Waals surface area contributed by atoms with E-state index in [-0.39, 0.29) is 5.60 Å². The highest BCUT2D eigenvalue weighted by Crippen LogP contribution is 2.15. The Labute approximate surface area is 94.0 Å². The van der Waals surface area contributed by atoms with Crippen LogP contribution in [-0.4, -0.2) is 42.8 Å². The largest absolute Gasteiger partial charge is 0.375 e. The summed E-state index contributed by atoms with van der Waals surface area (Å²) >= 11 is 0. The minimum absolute atomic E-state index is 0.0161. The first-order valence-electron chi connectivity index (χ1n) is 6.00. The van der Waals surface area contributed by atoms with Gasteiger partial charge in [-0.25, -0.2) is 0 Å². The number of ether oxygens (including phenoxy) is 1. The molecule has 1 rings (SSSR count). The van der Waals surface area contributed by atoms with Crippen LogP contribution in [0.2, 0.25) is 0 Å². The molecule has 0 aromatic rings. The summed E-state index contributed by atoms with van der Waals surface area (Å²) in [6.07, 6.45) is 1.12. The molecule has 0 aliphatic carbocycles. The Morgan fingerprint density at radius 3 is 2.60 bits per heavy atom. The van der Waals surface area contributed by atoms with Gasteiger partial charge in [0, 0.05) is 19.1 Å². The summed E-state index contributed by atoms with van der Waals surface area (Å²) < 4.78 is 5.72. The monoisotopic (exact) mass is 214 g/mol. The second kappa shape index (κ2) is 5.28. The number of likely N-dealkylation sites (tertiary alicyclic amines) is 1. The zero-order valence-electron chi connectivity index (χ0n) is 10.6. The minimum Gasteiger partial charge on any atom is -0.375 e. The Bertz CT molecular complexity index is 189. The first-order chi connectivity index (χ1) is 6.88. The Kier molecular flexibility index (Phi) is 4.56. The quantitative estimate of drug-likeness (QED) is 0.773. The summed E-state index contributed by atoms with van der Waals surface area (Å²) in [5.41, 5.74) is 5.96. The van der Waals surface area contributed by atoms with E-state index >= 15 is 0 Å². The average molecular weight is 214 g/mol. The molecule has 0 spiro atoms. The molecule has 0 aromatic heterocycles. The second-order valence-corrected chi connectivity index (χ2v) is 5.69. The van der Waals surface area contributed by atoms with Gasteiger partial charge in [0.1, 0.15) is 0 Å². The van der Waals surface area contributed by atoms with Gasteiger partial charge in [-0.3, -0.25) is 0 Å². The summed E-state index contributed by atoms with van der Waals surface area (Å²) in [5.74, 6) is 0.619. The highest BCUT2D eigenvalue weighted by molar-refractivity contribution is 4.79. The summed E-state index contributed by atoms with van der Waals surface area (Å²) in [6.45, 7) is 12.6. The van der Waals surface area contributed by atoms with Crippen molar-refractivity contribution < 1.29 is 4.74 Å². The highest BCUT2D eigenvalue weighted by atomic mass is 16.5. The van der Waals surface area contributed by atoms with Gasteiger partial charge in [0.05, 0.1) is 12.2 Å². The van der Waals surface area contributed by atoms with E-state index in [0.29, 0.717) is 12.0 Å². The Hall–Kier alpha value is -0.120. The van der Waals surface area contributed by atoms with Crippen molar-refractivity contribution in [3.05, 3.63) is 0 Å². The van der Waals surface area contributed by atoms with Crippen molar-refractivity contribution in [2.24, 2.45) is 11.7 Å². The molecule has 90 valence electrons. The predicted octanol–water partition coefficient (Wildman–Crippen LogP) is 1.47. The molecule has 15 heavy (non-hydrogen) atoms. The van der Waals surface area contributed by atoms with Gasteiger partial charge in [0.15, 0.2) is 0 Å². The lowest BCUT2D eigenvalue weighted by atomic mass is 9.95. The van der Waals surface area contributed by atoms with Crippen LogP contribution >= 0.6 is 0 Å². The van der Waals surface area contributed by atoms with Crippen molar-refractivity contribution in [2.75, 3.05) is 26.2 Å². The first-order valence-corrected chi connectivity index (χ1v) is 6.00. The molecule has 1 aliphatic rings. The van der Waals surface area contributed by atoms with Gasteiger partial charge in [-0.1, -0.05) is 6.92 Å². The third kappa shape index (κ3) is 4.96. The van der Waals surface area contributed by atoms with E-state index in [0.717, 1.165) is 32.7 Å². The van der Waals surface area contributed by atoms with Crippen molar-refractivity contribution in [1.82, 2.24) is 4.90 Å². The van der Waals surface area contributed by atoms with Crippen LogP contribution in [0.15, 0.2) is 0 Å². The summed E-state index contributed by atoms with van der Waals surface area (Å²) in [6, 6.07) is 0.393. The highest BCUT2D eigenvalue weighted by Gasteiger charge is 2.22. The summed E-state index contributed by atoms with van der Waals surface area (Å²) in [7, 11) is 0. The zero-order valence-corrected chi connectivity index (χ0v) is 10.6. The van der Waals surface area contributed by atoms with Crippen molar-refractivity contribution in [3.8, 4) is 0 Å². The fraction of sp³-hybridized carbons (Fsp3) is 1.00. The molecule has 0 radical (unpaired) electrons. The van der Waals surface area contributed by atoms with Gasteiger partial charge in [0.2, 0.25) is 0 Å². The lowest BCUT2D eigenvalue weighted by molar-refractivity contribution is -0.0174. The lowest BCUT2D eigenvalue weighted by Crippen LogP contribution is -2.47. The van der Waals surface area contributed by atoms with Crippen LogP contribution in [-0.2, 0) is 4.74 Å². The molecule has 1 saturated heterocycles. The molecule has 0 saturated carbocycles. The first kappa shape index (κ1) is 12.9. The molecular weight excluding hydrogens is 188 g/mol. The van der Waals surface area contributed by atoms with Crippen LogP contribution < -0.4 is 5.73 Å². The predicted molar refractivity (Wildman–Crippen MR) is 63.9 cm³/mol. The molecule has 2 atom stereocenters. The van der Waals surface area contributed by atoms with Gasteiger partial charge in [-0.05, 0) is 39.7 Å². The van der Waals surface area contributed by atoms with E-state index in [1.807, 2.05) is 0 Å². The molecule has 3 heteroatoms. The fourth-order valence-corrected chi connectivity index (χ4v) is 1.93. The number of nitrogens with two attached hydrogens (primary N) is 1. The Morgan fingerprint density at radius 1 is 1.40 bits per heavy atom. The minimum atomic E-state index is -0.0161. The molecule has 1 aliphatic heterocycles. The Balaban J connectivity index is 2.17. The smallest absolute Gasteiger partial charge is 0.0600 e. The number of rotatable bonds is 3. The van der Waals surface area contributed by atoms with Crippen molar-refractivity contribution in [2.45, 2.75) is 45.8 Å². The molecule has 0 aromatic carbocycles. The van der Waals surface area contributed by atoms with Crippen molar-refractivity contribution in [1.29, 1.82) is 0 Å². The molecule has 1 heterocycles. The van der Waals surface area contributed by atoms with Gasteiger partial charge < -0.3 is 15.4 Å². The number of nitrogens with zero attached hydrogens (tertiary/aromatic N) is 1. The molecule has 2 N–H and O–H groups in total. The summed E-state index contributed by atoms with van der Waals surface area (Å²) in [4.78, 5) is 2.46. The summed E-state index contributed by atoms with van der Waals surface area (Å²) in [5, 5.41) is 0. The van der Waals surface area contributed by atoms with Crippen LogP contribution in [0.25, 0.3) is 0 Å². The number of piperidine rings is 1. The molecule has 3 nitrogen and oxygen atoms in total. The zero-order chi connectivity index (χ0) is 11.5. The SMILES string of the molecule is CC1CN(CCOC(C)(C)C)CCC1N. The lowest BCUT2D eigenvalue weighted by Gasteiger charge is -2.35. The van der Waals surface area contributed by atoms with Gasteiger partial charge in [-0.15, -0.1) is 0 Å². The van der Waals surface area contributed by atoms with Gasteiger partial charge in [0.25, 0.3) is 0 Å². The number of hydrogen-bond donors (Lipinski definition) is 1. The van der Waals surface area contributed by atoms with Crippen LogP contribution in [0.4, 0.5) is 0 Å². The third-order valence-electron chi connectivity index (χ3n) is 3.00. The van der Waals surface area contributed by atoms with E-state index in [9.17, 15) is 0 Å². The van der Waals surface area contributed by atoms with Crippen LogP contribution in [0.3, 0.4) is 0 Å². The van der Waals surface area contributed by atoms with Crippen LogP contribution in [0.5, 0.6) is 0 Å². The van der Waals surface area contributed by atoms with Crippen molar-refractivity contribution >= 4 is 0 Å². The van der Waals surface area contributed by atoms with E-state index in [2.05, 4.69) is 32.6 Å². The van der Waals surface area contributed by atoms with Crippen LogP contribution in [0.1, 0.15) is 34.1 Å². The van der Waals surface area contributed by atoms with Gasteiger partial charge in [-0.2, -0.15) is 0 Å². The van der Waals surface area contributed by atoms with E-state index < -0.39 is 0 Å². The van der Waals surface area contributed by atoms with E-state index in [4.69, 9.17) is 10.5 Å². The van der Waals surface area contributed by atoms with Gasteiger partial charge >= 0.3 is 0 Å². The van der Waals surface area contributed by atoms with E-state index in [1.54, 1.807) is 0 Å². The second-order valence-electron chi connectivity index (χ2n) is 5.69. The number of hydrogen-bond acceptors (Lipinski definition) is 3. The normalized spacial score (nSPS) is 29.4. The molecule has 0 amide bonds. The van der Waals surface area contributed by atoms with Crippen LogP contribution in [0, 0.1) is 5.92 Å². The molecule has 2 unspecified atom stereocenters. The maximum atomic E-state index is 5.98. The van der Waals surface area contributed by atoms with E-state index in [1.165, 1.54) is 0 Å². The third-order valence-corrected chi connectivity index (χ3v) is 3.00. The average Bonchev–Trinajstić information content (AvgIpc) is 2.09. The maximum absolute atomic E-state index is 5.98. The maximum Gasteiger partial charge on any atom is 0.0600 e. The fourth-order valence-electron chi connectivity index (χ4n) is 1.93. The standard InChI is InChI=1S/C12H26N2O/c1-10-9-14(6-5-11(10)13)7-8-15-12(2,3)4/h10-11H,5-9,13H2,1-4H3. The Morgan fingerprint density at radius 2 is 2.07 bits per heavy atom. The molecular formula is C12H26N2O. The van der Waals surface area contributed by atoms with Crippen molar-refractivity contribution in [3.63, 3.8) is 0 Å². The topological polar surface area (TPSA) is 38.5 Å². The molecule has 0 bridgehead atoms.